The summed E-state index contributed by atoms with van der Waals surface area (Å²) in [5.74, 6) is -3.36. The van der Waals surface area contributed by atoms with E-state index in [0.29, 0.717) is 24.7 Å². The molecule has 0 fully saturated rings. The van der Waals surface area contributed by atoms with Gasteiger partial charge in [0.1, 0.15) is 22.6 Å². The van der Waals surface area contributed by atoms with Crippen LogP contribution in [0.25, 0.3) is 0 Å². The molecule has 2 rings (SSSR count). The third kappa shape index (κ3) is 11.0. The zero-order chi connectivity index (χ0) is 30.9. The van der Waals surface area contributed by atoms with Gasteiger partial charge in [0.15, 0.2) is 12.1 Å². The number of carboxylic acids is 2. The quantitative estimate of drug-likeness (QED) is 0.221. The predicted octanol–water partition coefficient (Wildman–Crippen LogP) is 1.46. The standard InChI is InChI=1S/C14H19NO6.C13H17NO6/c1-3-8-20-12-7-5-4-6-10(12)14(19)21-15(2)11(9-16)13(17)18;1-3-19-11-7-5-4-6-9(11)13(18)20-14(2)10(8-15)12(16)17/h4-7,11,16H,3,8-9H2,1-2H3,(H,17,18);4-7,10,15H,3,8H2,1-2H3,(H,16,17)/t11-;10-/m00/s1. The van der Waals surface area contributed by atoms with Gasteiger partial charge in [-0.1, -0.05) is 31.2 Å². The average Bonchev–Trinajstić information content (AvgIpc) is 2.93. The van der Waals surface area contributed by atoms with Gasteiger partial charge in [0, 0.05) is 14.1 Å². The lowest BCUT2D eigenvalue weighted by atomic mass is 10.2. The first-order valence-electron chi connectivity index (χ1n) is 12.5. The number of aliphatic hydroxyl groups excluding tert-OH is 2. The fourth-order valence-electron chi connectivity index (χ4n) is 3.07. The zero-order valence-corrected chi connectivity index (χ0v) is 23.3. The summed E-state index contributed by atoms with van der Waals surface area (Å²) in [5.41, 5.74) is 0.378. The molecule has 0 aliphatic rings. The highest BCUT2D eigenvalue weighted by Gasteiger charge is 2.27. The number of hydroxylamine groups is 4. The molecule has 0 aromatic heterocycles. The van der Waals surface area contributed by atoms with E-state index in [1.165, 1.54) is 26.2 Å². The number of hydrogen-bond acceptors (Lipinski definition) is 12. The highest BCUT2D eigenvalue weighted by Crippen LogP contribution is 2.21. The van der Waals surface area contributed by atoms with Crippen LogP contribution in [0.2, 0.25) is 0 Å². The van der Waals surface area contributed by atoms with Crippen molar-refractivity contribution in [2.75, 3.05) is 40.5 Å². The maximum absolute atomic E-state index is 12.1. The van der Waals surface area contributed by atoms with E-state index < -0.39 is 49.2 Å². The molecule has 0 saturated heterocycles. The van der Waals surface area contributed by atoms with Crippen molar-refractivity contribution in [3.8, 4) is 11.5 Å². The summed E-state index contributed by atoms with van der Waals surface area (Å²) in [6, 6.07) is 10.4. The molecule has 0 unspecified atom stereocenters. The van der Waals surface area contributed by atoms with E-state index in [-0.39, 0.29) is 11.1 Å². The summed E-state index contributed by atoms with van der Waals surface area (Å²) in [6.45, 7) is 3.20. The topological polar surface area (TPSA) is 193 Å². The van der Waals surface area contributed by atoms with Crippen molar-refractivity contribution in [3.05, 3.63) is 59.7 Å². The first-order chi connectivity index (χ1) is 19.5. The van der Waals surface area contributed by atoms with Gasteiger partial charge in [-0.15, -0.1) is 10.1 Å². The molecule has 14 heteroatoms. The van der Waals surface area contributed by atoms with E-state index in [9.17, 15) is 19.2 Å². The first-order valence-corrected chi connectivity index (χ1v) is 12.5. The second-order valence-electron chi connectivity index (χ2n) is 8.20. The fraction of sp³-hybridized carbons (Fsp3) is 0.407. The Bertz CT molecular complexity index is 1140. The molecule has 2 atom stereocenters. The molecule has 4 N–H and O–H groups in total. The Morgan fingerprint density at radius 3 is 1.44 bits per heavy atom. The monoisotopic (exact) mass is 580 g/mol. The Morgan fingerprint density at radius 1 is 0.707 bits per heavy atom. The number of likely N-dealkylation sites (N-methyl/N-ethyl adjacent to an activating group) is 2. The number of rotatable bonds is 15. The fourth-order valence-corrected chi connectivity index (χ4v) is 3.07. The predicted molar refractivity (Wildman–Crippen MR) is 143 cm³/mol. The number of nitrogens with zero attached hydrogens (tertiary/aromatic N) is 2. The van der Waals surface area contributed by atoms with Gasteiger partial charge in [0.25, 0.3) is 0 Å². The first kappa shape index (κ1) is 34.8. The van der Waals surface area contributed by atoms with E-state index in [1.54, 1.807) is 43.3 Å². The molecule has 226 valence electrons. The summed E-state index contributed by atoms with van der Waals surface area (Å²) in [6.07, 6.45) is 0.787. The van der Waals surface area contributed by atoms with Gasteiger partial charge >= 0.3 is 23.9 Å². The van der Waals surface area contributed by atoms with Gasteiger partial charge in [-0.25, -0.2) is 9.59 Å². The van der Waals surface area contributed by atoms with Crippen LogP contribution in [0.15, 0.2) is 48.5 Å². The van der Waals surface area contributed by atoms with Crippen molar-refractivity contribution < 1.29 is 58.8 Å². The zero-order valence-electron chi connectivity index (χ0n) is 23.3. The van der Waals surface area contributed by atoms with Crippen LogP contribution in [0.5, 0.6) is 11.5 Å². The SMILES string of the molecule is CCCOc1ccccc1C(=O)ON(C)[C@@H](CO)C(=O)O.CCOc1ccccc1C(=O)ON(C)[C@@H](CO)C(=O)O. The number of ether oxygens (including phenoxy) is 2. The lowest BCUT2D eigenvalue weighted by Gasteiger charge is -2.21. The molecule has 0 saturated carbocycles. The van der Waals surface area contributed by atoms with Crippen molar-refractivity contribution in [1.29, 1.82) is 0 Å². The molecule has 0 radical (unpaired) electrons. The van der Waals surface area contributed by atoms with Gasteiger partial charge < -0.3 is 39.6 Å². The molecular weight excluding hydrogens is 544 g/mol. The Balaban J connectivity index is 0.000000410. The van der Waals surface area contributed by atoms with E-state index in [4.69, 9.17) is 39.6 Å². The van der Waals surface area contributed by atoms with Crippen molar-refractivity contribution in [3.63, 3.8) is 0 Å². The van der Waals surface area contributed by atoms with Crippen LogP contribution in [-0.4, -0.2) is 107 Å². The second-order valence-corrected chi connectivity index (χ2v) is 8.20. The van der Waals surface area contributed by atoms with Crippen LogP contribution < -0.4 is 9.47 Å². The van der Waals surface area contributed by atoms with Crippen LogP contribution in [0.4, 0.5) is 0 Å². The number of carbonyl (C=O) groups excluding carboxylic acids is 2. The molecule has 41 heavy (non-hydrogen) atoms. The minimum atomic E-state index is -1.32. The van der Waals surface area contributed by atoms with Crippen molar-refractivity contribution >= 4 is 23.9 Å². The molecule has 0 aliphatic carbocycles. The van der Waals surface area contributed by atoms with Crippen LogP contribution >= 0.6 is 0 Å². The van der Waals surface area contributed by atoms with Crippen molar-refractivity contribution in [2.45, 2.75) is 32.4 Å². The number of hydrogen-bond donors (Lipinski definition) is 4. The van der Waals surface area contributed by atoms with Crippen molar-refractivity contribution in [2.24, 2.45) is 0 Å². The van der Waals surface area contributed by atoms with Crippen molar-refractivity contribution in [1.82, 2.24) is 10.1 Å². The van der Waals surface area contributed by atoms with Crippen LogP contribution in [0.3, 0.4) is 0 Å². The molecule has 2 aromatic rings. The van der Waals surface area contributed by atoms with E-state index in [0.717, 1.165) is 16.5 Å². The second kappa shape index (κ2) is 18.2. The maximum Gasteiger partial charge on any atom is 0.360 e. The lowest BCUT2D eigenvalue weighted by molar-refractivity contribution is -0.169. The normalized spacial score (nSPS) is 12.0. The number of benzene rings is 2. The molecule has 0 spiro atoms. The molecule has 14 nitrogen and oxygen atoms in total. The van der Waals surface area contributed by atoms with Gasteiger partial charge in [-0.2, -0.15) is 0 Å². The summed E-state index contributed by atoms with van der Waals surface area (Å²) in [5, 5.41) is 37.3. The Kier molecular flexibility index (Phi) is 15.4. The minimum absolute atomic E-state index is 0.184. The molecule has 0 heterocycles. The largest absolute Gasteiger partial charge is 0.493 e. The number of para-hydroxylation sites is 2. The Labute approximate surface area is 237 Å². The molecule has 2 aromatic carbocycles. The Morgan fingerprint density at radius 2 is 1.10 bits per heavy atom. The van der Waals surface area contributed by atoms with E-state index in [1.807, 2.05) is 6.92 Å². The summed E-state index contributed by atoms with van der Waals surface area (Å²) in [7, 11) is 2.53. The van der Waals surface area contributed by atoms with E-state index in [2.05, 4.69) is 0 Å². The molecule has 0 bridgehead atoms. The summed E-state index contributed by atoms with van der Waals surface area (Å²) < 4.78 is 10.7. The third-order valence-electron chi connectivity index (χ3n) is 5.22. The van der Waals surface area contributed by atoms with Gasteiger partial charge in [-0.05, 0) is 37.6 Å². The smallest absolute Gasteiger partial charge is 0.360 e. The molecule has 0 amide bonds. The lowest BCUT2D eigenvalue weighted by Crippen LogP contribution is -2.42. The Hall–Kier alpha value is -4.24. The highest BCUT2D eigenvalue weighted by atomic mass is 16.7. The highest BCUT2D eigenvalue weighted by molar-refractivity contribution is 5.93. The van der Waals surface area contributed by atoms with E-state index >= 15 is 0 Å². The third-order valence-corrected chi connectivity index (χ3v) is 5.22. The maximum atomic E-state index is 12.1. The van der Waals surface area contributed by atoms with Gasteiger partial charge in [0.2, 0.25) is 0 Å². The van der Waals surface area contributed by atoms with Gasteiger partial charge in [0.05, 0.1) is 26.4 Å². The average molecular weight is 581 g/mol. The summed E-state index contributed by atoms with van der Waals surface area (Å²) in [4.78, 5) is 55.6. The molecular formula is C27H36N2O12. The number of aliphatic carboxylic acids is 2. The number of aliphatic hydroxyl groups is 2. The molecule has 0 aliphatic heterocycles. The van der Waals surface area contributed by atoms with Crippen LogP contribution in [0, 0.1) is 0 Å². The minimum Gasteiger partial charge on any atom is -0.493 e. The summed E-state index contributed by atoms with van der Waals surface area (Å²) >= 11 is 0. The number of carbonyl (C=O) groups is 4. The van der Waals surface area contributed by atoms with Crippen LogP contribution in [-0.2, 0) is 19.3 Å². The van der Waals surface area contributed by atoms with Gasteiger partial charge in [-0.3, -0.25) is 9.59 Å². The van der Waals surface area contributed by atoms with Crippen LogP contribution in [0.1, 0.15) is 41.0 Å². The number of carboxylic acid groups (broad SMARTS) is 2.